The van der Waals surface area contributed by atoms with Gasteiger partial charge in [0.1, 0.15) is 0 Å². The lowest BCUT2D eigenvalue weighted by molar-refractivity contribution is 0.0907. The molecule has 1 aromatic carbocycles. The lowest BCUT2D eigenvalue weighted by Crippen LogP contribution is -2.42. The fraction of sp³-hybridized carbons (Fsp3) is 0.409. The molecule has 0 unspecified atom stereocenters. The van der Waals surface area contributed by atoms with Gasteiger partial charge >= 0.3 is 0 Å². The van der Waals surface area contributed by atoms with Crippen molar-refractivity contribution in [2.24, 2.45) is 0 Å². The normalized spacial score (nSPS) is 11.9. The summed E-state index contributed by atoms with van der Waals surface area (Å²) in [6, 6.07) is 10.4. The summed E-state index contributed by atoms with van der Waals surface area (Å²) in [7, 11) is 0. The summed E-state index contributed by atoms with van der Waals surface area (Å²) < 4.78 is 7.17. The molecule has 0 fully saturated rings. The van der Waals surface area contributed by atoms with E-state index >= 15 is 0 Å². The van der Waals surface area contributed by atoms with Crippen molar-refractivity contribution in [2.75, 3.05) is 0 Å². The van der Waals surface area contributed by atoms with Crippen LogP contribution in [0.3, 0.4) is 0 Å². The maximum Gasteiger partial charge on any atom is 0.253 e. The molecule has 2 heterocycles. The van der Waals surface area contributed by atoms with Crippen molar-refractivity contribution in [1.29, 1.82) is 0 Å². The van der Waals surface area contributed by atoms with Crippen molar-refractivity contribution in [3.63, 3.8) is 0 Å². The molecule has 3 aromatic rings. The van der Waals surface area contributed by atoms with Gasteiger partial charge in [-0.25, -0.2) is 0 Å². The van der Waals surface area contributed by atoms with E-state index in [0.717, 1.165) is 17.1 Å². The molecule has 0 saturated heterocycles. The molecular formula is C22H28N4O2. The summed E-state index contributed by atoms with van der Waals surface area (Å²) in [5.41, 5.74) is 4.14. The predicted octanol–water partition coefficient (Wildman–Crippen LogP) is 4.57. The van der Waals surface area contributed by atoms with Crippen molar-refractivity contribution in [3.8, 4) is 5.69 Å². The van der Waals surface area contributed by atoms with Crippen LogP contribution in [0.2, 0.25) is 0 Å². The number of hydrogen-bond donors (Lipinski definition) is 1. The minimum Gasteiger partial charge on any atom is -0.340 e. The van der Waals surface area contributed by atoms with Crippen LogP contribution >= 0.6 is 0 Å². The highest BCUT2D eigenvalue weighted by atomic mass is 16.5. The van der Waals surface area contributed by atoms with Crippen LogP contribution in [0, 0.1) is 20.8 Å². The van der Waals surface area contributed by atoms with Crippen LogP contribution in [0.4, 0.5) is 0 Å². The first-order valence-corrected chi connectivity index (χ1v) is 9.52. The van der Waals surface area contributed by atoms with E-state index in [1.165, 1.54) is 5.56 Å². The van der Waals surface area contributed by atoms with Gasteiger partial charge in [-0.15, -0.1) is 0 Å². The van der Waals surface area contributed by atoms with E-state index < -0.39 is 5.54 Å². The second-order valence-electron chi connectivity index (χ2n) is 8.09. The molecule has 0 spiro atoms. The zero-order valence-electron chi connectivity index (χ0n) is 17.6. The molecule has 6 nitrogen and oxygen atoms in total. The molecule has 0 aliphatic heterocycles. The first kappa shape index (κ1) is 19.9. The number of carbonyl (C=O) groups excluding carboxylic acids is 1. The number of rotatable bonds is 5. The van der Waals surface area contributed by atoms with Crippen molar-refractivity contribution in [2.45, 2.75) is 59.9 Å². The summed E-state index contributed by atoms with van der Waals surface area (Å²) in [4.78, 5) is 17.3. The summed E-state index contributed by atoms with van der Waals surface area (Å²) in [6.07, 6.45) is 0. The summed E-state index contributed by atoms with van der Waals surface area (Å²) in [5, 5.41) is 6.97. The first-order chi connectivity index (χ1) is 13.1. The van der Waals surface area contributed by atoms with E-state index in [1.54, 1.807) is 6.92 Å². The Labute approximate surface area is 166 Å². The van der Waals surface area contributed by atoms with E-state index in [4.69, 9.17) is 4.52 Å². The SMILES string of the molecule is Cc1nc(C(C)(C)NC(=O)c2cc(C)n(-c3cccc(C(C)C)c3)c2C)no1. The maximum atomic E-state index is 13.0. The van der Waals surface area contributed by atoms with E-state index in [0.29, 0.717) is 23.2 Å². The van der Waals surface area contributed by atoms with Crippen molar-refractivity contribution < 1.29 is 9.32 Å². The molecule has 1 N–H and O–H groups in total. The highest BCUT2D eigenvalue weighted by Gasteiger charge is 2.30. The van der Waals surface area contributed by atoms with Gasteiger partial charge in [-0.3, -0.25) is 4.79 Å². The highest BCUT2D eigenvalue weighted by Crippen LogP contribution is 2.25. The summed E-state index contributed by atoms with van der Waals surface area (Å²) in [6.45, 7) is 13.8. The second-order valence-corrected chi connectivity index (χ2v) is 8.09. The van der Waals surface area contributed by atoms with Crippen LogP contribution in [0.25, 0.3) is 5.69 Å². The molecule has 1 amide bonds. The van der Waals surface area contributed by atoms with Crippen LogP contribution in [0.1, 0.15) is 72.6 Å². The minimum atomic E-state index is -0.741. The van der Waals surface area contributed by atoms with Gasteiger partial charge in [0, 0.05) is 24.0 Å². The minimum absolute atomic E-state index is 0.160. The third-order valence-electron chi connectivity index (χ3n) is 4.98. The largest absolute Gasteiger partial charge is 0.340 e. The monoisotopic (exact) mass is 380 g/mol. The zero-order chi connectivity index (χ0) is 20.6. The van der Waals surface area contributed by atoms with E-state index in [2.05, 4.69) is 58.1 Å². The summed E-state index contributed by atoms with van der Waals surface area (Å²) in [5.74, 6) is 1.21. The van der Waals surface area contributed by atoms with Crippen LogP contribution in [0.15, 0.2) is 34.9 Å². The third-order valence-corrected chi connectivity index (χ3v) is 4.98. The van der Waals surface area contributed by atoms with E-state index in [1.807, 2.05) is 33.8 Å². The maximum absolute atomic E-state index is 13.0. The molecular weight excluding hydrogens is 352 g/mol. The second kappa shape index (κ2) is 7.26. The number of carbonyl (C=O) groups is 1. The topological polar surface area (TPSA) is 73.0 Å². The van der Waals surface area contributed by atoms with Crippen LogP contribution < -0.4 is 5.32 Å². The standard InChI is InChI=1S/C22H28N4O2/c1-13(2)17-9-8-10-18(12-17)26-14(3)11-19(15(26)4)20(27)24-22(6,7)21-23-16(5)28-25-21/h8-13H,1-7H3,(H,24,27). The van der Waals surface area contributed by atoms with E-state index in [9.17, 15) is 4.79 Å². The number of nitrogens with zero attached hydrogens (tertiary/aromatic N) is 3. The van der Waals surface area contributed by atoms with Gasteiger partial charge in [-0.05, 0) is 57.4 Å². The van der Waals surface area contributed by atoms with E-state index in [-0.39, 0.29) is 5.91 Å². The lowest BCUT2D eigenvalue weighted by Gasteiger charge is -2.22. The zero-order valence-corrected chi connectivity index (χ0v) is 17.6. The quantitative estimate of drug-likeness (QED) is 0.703. The Morgan fingerprint density at radius 2 is 1.89 bits per heavy atom. The van der Waals surface area contributed by atoms with Gasteiger partial charge in [0.15, 0.2) is 5.82 Å². The predicted molar refractivity (Wildman–Crippen MR) is 109 cm³/mol. The van der Waals surface area contributed by atoms with Crippen LogP contribution in [-0.4, -0.2) is 20.6 Å². The van der Waals surface area contributed by atoms with Gasteiger partial charge in [0.05, 0.1) is 11.1 Å². The van der Waals surface area contributed by atoms with Crippen molar-refractivity contribution in [1.82, 2.24) is 20.0 Å². The molecule has 0 saturated carbocycles. The molecule has 0 aliphatic rings. The fourth-order valence-electron chi connectivity index (χ4n) is 3.37. The van der Waals surface area contributed by atoms with Gasteiger partial charge in [-0.1, -0.05) is 31.1 Å². The van der Waals surface area contributed by atoms with Gasteiger partial charge in [0.2, 0.25) is 5.89 Å². The average Bonchev–Trinajstić information content (AvgIpc) is 3.18. The molecule has 0 radical (unpaired) electrons. The molecule has 0 atom stereocenters. The molecule has 0 bridgehead atoms. The molecule has 2 aromatic heterocycles. The molecule has 6 heteroatoms. The van der Waals surface area contributed by atoms with Gasteiger partial charge in [-0.2, -0.15) is 4.98 Å². The van der Waals surface area contributed by atoms with Gasteiger partial charge < -0.3 is 14.4 Å². The lowest BCUT2D eigenvalue weighted by atomic mass is 10.0. The molecule has 3 rings (SSSR count). The molecule has 148 valence electrons. The molecule has 0 aliphatic carbocycles. The Morgan fingerprint density at radius 1 is 1.18 bits per heavy atom. The van der Waals surface area contributed by atoms with Crippen LogP contribution in [0.5, 0.6) is 0 Å². The number of aromatic nitrogens is 3. The smallest absolute Gasteiger partial charge is 0.253 e. The van der Waals surface area contributed by atoms with Crippen LogP contribution in [-0.2, 0) is 5.54 Å². The Bertz CT molecular complexity index is 1010. The van der Waals surface area contributed by atoms with Crippen molar-refractivity contribution in [3.05, 3.63) is 64.6 Å². The average molecular weight is 380 g/mol. The number of benzene rings is 1. The third kappa shape index (κ3) is 3.72. The van der Waals surface area contributed by atoms with Gasteiger partial charge in [0.25, 0.3) is 5.91 Å². The Morgan fingerprint density at radius 3 is 2.50 bits per heavy atom. The number of hydrogen-bond acceptors (Lipinski definition) is 4. The number of amides is 1. The summed E-state index contributed by atoms with van der Waals surface area (Å²) >= 11 is 0. The Kier molecular flexibility index (Phi) is 5.15. The van der Waals surface area contributed by atoms with Crippen molar-refractivity contribution >= 4 is 5.91 Å². The Hall–Kier alpha value is -2.89. The fourth-order valence-corrected chi connectivity index (χ4v) is 3.37. The highest BCUT2D eigenvalue weighted by molar-refractivity contribution is 5.96. The number of aryl methyl sites for hydroxylation is 2. The number of nitrogens with one attached hydrogen (secondary N) is 1. The molecule has 28 heavy (non-hydrogen) atoms. The first-order valence-electron chi connectivity index (χ1n) is 9.52. The Balaban J connectivity index is 1.93.